The van der Waals surface area contributed by atoms with Gasteiger partial charge in [-0.05, 0) is 64.0 Å². The summed E-state index contributed by atoms with van der Waals surface area (Å²) in [6, 6.07) is 8.15. The highest BCUT2D eigenvalue weighted by Crippen LogP contribution is 2.35. The lowest BCUT2D eigenvalue weighted by molar-refractivity contribution is -0.121. The van der Waals surface area contributed by atoms with Crippen molar-refractivity contribution in [3.8, 4) is 5.75 Å². The van der Waals surface area contributed by atoms with E-state index < -0.39 is 5.91 Å². The maximum Gasteiger partial charge on any atom is 0.294 e. The minimum Gasteiger partial charge on any atom is -0.508 e. The Balaban J connectivity index is 0.00000306. The molecule has 0 saturated heterocycles. The van der Waals surface area contributed by atoms with Crippen LogP contribution in [0, 0.1) is 5.92 Å². The third kappa shape index (κ3) is 5.58. The lowest BCUT2D eigenvalue weighted by Crippen LogP contribution is -2.35. The van der Waals surface area contributed by atoms with Crippen LogP contribution in [0.1, 0.15) is 36.2 Å². The van der Waals surface area contributed by atoms with E-state index >= 15 is 0 Å². The van der Waals surface area contributed by atoms with Gasteiger partial charge in [-0.25, -0.2) is 4.98 Å². The van der Waals surface area contributed by atoms with E-state index in [1.54, 1.807) is 18.2 Å². The molecule has 0 atom stereocenters. The van der Waals surface area contributed by atoms with Crippen LogP contribution in [0.3, 0.4) is 0 Å². The number of amides is 2. The standard InChI is InChI=1S/C23H25ClN4O4.ClH/c1-28(2)15-6-3-13(4-7-15)22(30)27-20-17-9-8-16(29)11-18(17)32-21(20)23(31)26-19-10-5-14(24)12-25-19;/h5,8-13,15,29H,3-4,6-7H2,1-2H3,(H,27,30)(H,25,26,31);1H/t13-,15-;. The van der Waals surface area contributed by atoms with Gasteiger partial charge < -0.3 is 25.1 Å². The second-order valence-corrected chi connectivity index (χ2v) is 8.70. The van der Waals surface area contributed by atoms with Gasteiger partial charge in [0.05, 0.1) is 5.02 Å². The van der Waals surface area contributed by atoms with Crippen LogP contribution in [-0.2, 0) is 4.79 Å². The molecule has 4 rings (SSSR count). The summed E-state index contributed by atoms with van der Waals surface area (Å²) < 4.78 is 5.73. The first-order valence-electron chi connectivity index (χ1n) is 10.5. The number of benzene rings is 1. The second-order valence-electron chi connectivity index (χ2n) is 8.26. The zero-order valence-electron chi connectivity index (χ0n) is 18.3. The number of aromatic hydroxyl groups is 1. The van der Waals surface area contributed by atoms with Crippen LogP contribution in [-0.4, -0.2) is 46.9 Å². The fraction of sp³-hybridized carbons (Fsp3) is 0.348. The number of hydrogen-bond donors (Lipinski definition) is 3. The van der Waals surface area contributed by atoms with E-state index in [4.69, 9.17) is 16.0 Å². The summed E-state index contributed by atoms with van der Waals surface area (Å²) in [6.07, 6.45) is 4.87. The van der Waals surface area contributed by atoms with Crippen molar-refractivity contribution >= 4 is 58.3 Å². The number of anilines is 2. The van der Waals surface area contributed by atoms with Crippen LogP contribution < -0.4 is 10.6 Å². The highest BCUT2D eigenvalue weighted by Gasteiger charge is 2.30. The molecule has 8 nitrogen and oxygen atoms in total. The summed E-state index contributed by atoms with van der Waals surface area (Å²) in [5, 5.41) is 16.4. The van der Waals surface area contributed by atoms with Crippen LogP contribution in [0.2, 0.25) is 5.02 Å². The first-order valence-corrected chi connectivity index (χ1v) is 10.9. The van der Waals surface area contributed by atoms with E-state index in [0.717, 1.165) is 25.7 Å². The number of phenolic OH excluding ortho intramolecular Hbond substituents is 1. The summed E-state index contributed by atoms with van der Waals surface area (Å²) in [6.45, 7) is 0. The fourth-order valence-corrected chi connectivity index (χ4v) is 4.18. The summed E-state index contributed by atoms with van der Waals surface area (Å²) in [4.78, 5) is 32.3. The number of phenols is 1. The molecular weight excluding hydrogens is 467 g/mol. The molecule has 0 spiro atoms. The third-order valence-electron chi connectivity index (χ3n) is 5.89. The molecule has 3 N–H and O–H groups in total. The number of pyridine rings is 1. The molecule has 1 aliphatic rings. The van der Waals surface area contributed by atoms with Crippen molar-refractivity contribution in [3.05, 3.63) is 47.3 Å². The van der Waals surface area contributed by atoms with Gasteiger partial charge in [-0.1, -0.05) is 11.6 Å². The average molecular weight is 493 g/mol. The topological polar surface area (TPSA) is 108 Å². The SMILES string of the molecule is CN(C)[C@H]1CC[C@H](C(=O)Nc2c(C(=O)Nc3ccc(Cl)cn3)oc3cc(O)ccc23)CC1.Cl. The maximum atomic E-state index is 13.0. The van der Waals surface area contributed by atoms with Crippen molar-refractivity contribution in [3.63, 3.8) is 0 Å². The fourth-order valence-electron chi connectivity index (χ4n) is 4.07. The number of carbonyl (C=O) groups is 2. The Bertz CT molecular complexity index is 1140. The van der Waals surface area contributed by atoms with Crippen molar-refractivity contribution in [1.29, 1.82) is 0 Å². The van der Waals surface area contributed by atoms with Crippen LogP contribution in [0.5, 0.6) is 5.75 Å². The molecule has 10 heteroatoms. The van der Waals surface area contributed by atoms with Gasteiger partial charge in [-0.3, -0.25) is 9.59 Å². The van der Waals surface area contributed by atoms with Gasteiger partial charge in [-0.15, -0.1) is 12.4 Å². The predicted molar refractivity (Wildman–Crippen MR) is 130 cm³/mol. The average Bonchev–Trinajstić information content (AvgIpc) is 3.12. The van der Waals surface area contributed by atoms with Crippen LogP contribution in [0.4, 0.5) is 11.5 Å². The number of halogens is 2. The van der Waals surface area contributed by atoms with E-state index in [-0.39, 0.29) is 41.4 Å². The number of aromatic nitrogens is 1. The van der Waals surface area contributed by atoms with E-state index in [9.17, 15) is 14.7 Å². The van der Waals surface area contributed by atoms with Gasteiger partial charge >= 0.3 is 0 Å². The molecule has 2 amide bonds. The van der Waals surface area contributed by atoms with Crippen molar-refractivity contribution in [2.75, 3.05) is 24.7 Å². The quantitative estimate of drug-likeness (QED) is 0.466. The largest absolute Gasteiger partial charge is 0.508 e. The maximum absolute atomic E-state index is 13.0. The Morgan fingerprint density at radius 2 is 1.85 bits per heavy atom. The molecule has 33 heavy (non-hydrogen) atoms. The molecule has 1 aliphatic carbocycles. The molecule has 0 aliphatic heterocycles. The molecule has 0 radical (unpaired) electrons. The van der Waals surface area contributed by atoms with Gasteiger partial charge in [0, 0.05) is 29.6 Å². The number of nitrogens with zero attached hydrogens (tertiary/aromatic N) is 2. The third-order valence-corrected chi connectivity index (χ3v) is 6.12. The highest BCUT2D eigenvalue weighted by molar-refractivity contribution is 6.30. The highest BCUT2D eigenvalue weighted by atomic mass is 35.5. The van der Waals surface area contributed by atoms with Gasteiger partial charge in [0.1, 0.15) is 22.8 Å². The molecule has 0 bridgehead atoms. The summed E-state index contributed by atoms with van der Waals surface area (Å²) >= 11 is 5.85. The Kier molecular flexibility index (Phi) is 7.84. The number of fused-ring (bicyclic) bond motifs is 1. The van der Waals surface area contributed by atoms with Crippen LogP contribution in [0.15, 0.2) is 40.9 Å². The normalized spacial score (nSPS) is 18.1. The smallest absolute Gasteiger partial charge is 0.294 e. The molecule has 3 aromatic rings. The first kappa shape index (κ1) is 24.8. The molecule has 2 heterocycles. The Morgan fingerprint density at radius 1 is 1.12 bits per heavy atom. The van der Waals surface area contributed by atoms with E-state index in [1.165, 1.54) is 18.3 Å². The molecular formula is C23H26Cl2N4O4. The van der Waals surface area contributed by atoms with E-state index in [2.05, 4.69) is 34.6 Å². The van der Waals surface area contributed by atoms with Crippen molar-refractivity contribution in [2.24, 2.45) is 5.92 Å². The Morgan fingerprint density at radius 3 is 2.48 bits per heavy atom. The number of rotatable bonds is 5. The van der Waals surface area contributed by atoms with Gasteiger partial charge in [0.25, 0.3) is 5.91 Å². The number of nitrogens with one attached hydrogen (secondary N) is 2. The summed E-state index contributed by atoms with van der Waals surface area (Å²) in [7, 11) is 4.11. The summed E-state index contributed by atoms with van der Waals surface area (Å²) in [5.74, 6) is -0.613. The second kappa shape index (κ2) is 10.4. The van der Waals surface area contributed by atoms with Crippen molar-refractivity contribution < 1.29 is 19.1 Å². The minimum atomic E-state index is -0.567. The molecule has 1 aromatic carbocycles. The zero-order chi connectivity index (χ0) is 22.8. The predicted octanol–water partition coefficient (Wildman–Crippen LogP) is 4.92. The Labute approximate surface area is 202 Å². The molecule has 2 aromatic heterocycles. The summed E-state index contributed by atoms with van der Waals surface area (Å²) in [5.41, 5.74) is 0.581. The molecule has 176 valence electrons. The monoisotopic (exact) mass is 492 g/mol. The molecule has 1 fully saturated rings. The Hall–Kier alpha value is -2.81. The number of carbonyl (C=O) groups excluding carboxylic acids is 2. The van der Waals surface area contributed by atoms with Gasteiger partial charge in [0.15, 0.2) is 0 Å². The lowest BCUT2D eigenvalue weighted by Gasteiger charge is -2.31. The lowest BCUT2D eigenvalue weighted by atomic mass is 9.85. The zero-order valence-corrected chi connectivity index (χ0v) is 19.9. The molecule has 0 unspecified atom stereocenters. The first-order chi connectivity index (χ1) is 15.3. The molecule has 1 saturated carbocycles. The number of hydrogen-bond acceptors (Lipinski definition) is 6. The van der Waals surface area contributed by atoms with E-state index in [0.29, 0.717) is 27.9 Å². The van der Waals surface area contributed by atoms with Gasteiger partial charge in [0.2, 0.25) is 11.7 Å². The van der Waals surface area contributed by atoms with Crippen molar-refractivity contribution in [2.45, 2.75) is 31.7 Å². The number of furan rings is 1. The van der Waals surface area contributed by atoms with Gasteiger partial charge in [-0.2, -0.15) is 0 Å². The van der Waals surface area contributed by atoms with Crippen molar-refractivity contribution in [1.82, 2.24) is 9.88 Å². The van der Waals surface area contributed by atoms with Crippen LogP contribution >= 0.6 is 24.0 Å². The minimum absolute atomic E-state index is 0. The van der Waals surface area contributed by atoms with Crippen LogP contribution in [0.25, 0.3) is 11.0 Å². The van der Waals surface area contributed by atoms with E-state index in [1.807, 2.05) is 0 Å².